The molecule has 2 unspecified atom stereocenters. The number of hydrogen-bond donors (Lipinski definition) is 1. The molecule has 0 spiro atoms. The fraction of sp³-hybridized carbons (Fsp3) is 0.647. The average Bonchev–Trinajstić information content (AvgIpc) is 2.97. The van der Waals surface area contributed by atoms with Crippen molar-refractivity contribution in [1.82, 2.24) is 5.32 Å². The Bertz CT molecular complexity index is 388. The third-order valence-corrected chi connectivity index (χ3v) is 3.96. The lowest BCUT2D eigenvalue weighted by molar-refractivity contribution is 0.101. The molecule has 20 heavy (non-hydrogen) atoms. The lowest BCUT2D eigenvalue weighted by atomic mass is 9.99. The van der Waals surface area contributed by atoms with Gasteiger partial charge in [-0.25, -0.2) is 0 Å². The lowest BCUT2D eigenvalue weighted by Crippen LogP contribution is -2.17. The first-order chi connectivity index (χ1) is 9.83. The molecule has 0 saturated carbocycles. The molecule has 0 amide bonds. The molecule has 1 fully saturated rings. The fourth-order valence-electron chi connectivity index (χ4n) is 2.89. The van der Waals surface area contributed by atoms with E-state index in [2.05, 4.69) is 23.5 Å². The maximum Gasteiger partial charge on any atom is 0.119 e. The molecular weight excluding hydrogens is 250 g/mol. The minimum atomic E-state index is 0.400. The van der Waals surface area contributed by atoms with Crippen LogP contribution in [-0.4, -0.2) is 26.4 Å². The Labute approximate surface area is 122 Å². The summed E-state index contributed by atoms with van der Waals surface area (Å²) in [5.41, 5.74) is 1.31. The highest BCUT2D eigenvalue weighted by atomic mass is 16.5. The highest BCUT2D eigenvalue weighted by Gasteiger charge is 2.16. The molecule has 1 aromatic rings. The minimum absolute atomic E-state index is 0.400. The van der Waals surface area contributed by atoms with Crippen molar-refractivity contribution in [3.63, 3.8) is 0 Å². The first kappa shape index (κ1) is 15.3. The van der Waals surface area contributed by atoms with Gasteiger partial charge >= 0.3 is 0 Å². The molecule has 1 N–H and O–H groups in total. The van der Waals surface area contributed by atoms with Crippen LogP contribution in [-0.2, 0) is 4.74 Å². The van der Waals surface area contributed by atoms with Crippen molar-refractivity contribution in [1.29, 1.82) is 0 Å². The molecule has 1 saturated heterocycles. The van der Waals surface area contributed by atoms with Crippen molar-refractivity contribution in [2.24, 2.45) is 0 Å². The van der Waals surface area contributed by atoms with Crippen LogP contribution in [0.4, 0.5) is 0 Å². The van der Waals surface area contributed by atoms with Crippen LogP contribution in [0.2, 0.25) is 0 Å². The highest BCUT2D eigenvalue weighted by Crippen LogP contribution is 2.25. The molecule has 1 aliphatic rings. The monoisotopic (exact) mass is 277 g/mol. The fourth-order valence-corrected chi connectivity index (χ4v) is 2.89. The third kappa shape index (κ3) is 4.50. The van der Waals surface area contributed by atoms with Crippen LogP contribution in [0.5, 0.6) is 5.75 Å². The summed E-state index contributed by atoms with van der Waals surface area (Å²) in [5.74, 6) is 0.962. The molecule has 2 atom stereocenters. The van der Waals surface area contributed by atoms with Crippen LogP contribution in [0, 0.1) is 0 Å². The van der Waals surface area contributed by atoms with Gasteiger partial charge in [0.15, 0.2) is 0 Å². The number of ether oxygens (including phenoxy) is 2. The molecule has 1 aromatic carbocycles. The van der Waals surface area contributed by atoms with Crippen molar-refractivity contribution in [2.45, 2.75) is 51.2 Å². The summed E-state index contributed by atoms with van der Waals surface area (Å²) >= 11 is 0. The van der Waals surface area contributed by atoms with Gasteiger partial charge in [0.25, 0.3) is 0 Å². The summed E-state index contributed by atoms with van der Waals surface area (Å²) in [6.07, 6.45) is 6.51. The summed E-state index contributed by atoms with van der Waals surface area (Å²) in [7, 11) is 2.03. The summed E-state index contributed by atoms with van der Waals surface area (Å²) in [6, 6.07) is 8.82. The van der Waals surface area contributed by atoms with E-state index < -0.39 is 0 Å². The Kier molecular flexibility index (Phi) is 6.34. The zero-order valence-electron chi connectivity index (χ0n) is 12.7. The van der Waals surface area contributed by atoms with Crippen LogP contribution in [0.1, 0.15) is 50.6 Å². The Morgan fingerprint density at radius 2 is 2.35 bits per heavy atom. The van der Waals surface area contributed by atoms with E-state index in [1.54, 1.807) is 0 Å². The molecular formula is C17H27NO2. The quantitative estimate of drug-likeness (QED) is 0.786. The molecule has 1 heterocycles. The second-order valence-corrected chi connectivity index (χ2v) is 5.41. The van der Waals surface area contributed by atoms with Crippen molar-refractivity contribution in [3.8, 4) is 5.75 Å². The van der Waals surface area contributed by atoms with Gasteiger partial charge in [0.2, 0.25) is 0 Å². The maximum atomic E-state index is 5.68. The van der Waals surface area contributed by atoms with Gasteiger partial charge in [-0.15, -0.1) is 0 Å². The van der Waals surface area contributed by atoms with Gasteiger partial charge in [-0.1, -0.05) is 12.1 Å². The maximum absolute atomic E-state index is 5.68. The van der Waals surface area contributed by atoms with Gasteiger partial charge in [-0.3, -0.25) is 0 Å². The van der Waals surface area contributed by atoms with Crippen LogP contribution in [0.25, 0.3) is 0 Å². The van der Waals surface area contributed by atoms with Gasteiger partial charge < -0.3 is 14.8 Å². The molecule has 3 heteroatoms. The normalized spacial score (nSPS) is 20.0. The molecule has 1 aliphatic heterocycles. The summed E-state index contributed by atoms with van der Waals surface area (Å²) < 4.78 is 11.3. The molecule has 0 radical (unpaired) electrons. The van der Waals surface area contributed by atoms with Crippen molar-refractivity contribution < 1.29 is 9.47 Å². The smallest absolute Gasteiger partial charge is 0.119 e. The van der Waals surface area contributed by atoms with Crippen molar-refractivity contribution in [2.75, 3.05) is 20.3 Å². The predicted octanol–water partition coefficient (Wildman–Crippen LogP) is 3.70. The van der Waals surface area contributed by atoms with Crippen LogP contribution < -0.4 is 10.1 Å². The molecule has 112 valence electrons. The molecule has 0 bridgehead atoms. The van der Waals surface area contributed by atoms with Crippen LogP contribution in [0.3, 0.4) is 0 Å². The second kappa shape index (κ2) is 8.28. The summed E-state index contributed by atoms with van der Waals surface area (Å²) in [6.45, 7) is 3.69. The van der Waals surface area contributed by atoms with E-state index in [1.165, 1.54) is 31.2 Å². The first-order valence-corrected chi connectivity index (χ1v) is 7.85. The average molecular weight is 277 g/mol. The second-order valence-electron chi connectivity index (χ2n) is 5.41. The van der Waals surface area contributed by atoms with E-state index in [4.69, 9.17) is 9.47 Å². The van der Waals surface area contributed by atoms with Gasteiger partial charge in [-0.2, -0.15) is 0 Å². The first-order valence-electron chi connectivity index (χ1n) is 7.85. The standard InChI is InChI=1S/C17H27NO2/c1-3-19-16-9-4-7-14(13-16)17(18-2)11-5-8-15-10-6-12-20-15/h4,7,9,13,15,17-18H,3,5-6,8,10-12H2,1-2H3. The van der Waals surface area contributed by atoms with Gasteiger partial charge in [0.05, 0.1) is 12.7 Å². The van der Waals surface area contributed by atoms with Crippen LogP contribution in [0.15, 0.2) is 24.3 Å². The molecule has 3 nitrogen and oxygen atoms in total. The Hall–Kier alpha value is -1.06. The molecule has 2 rings (SSSR count). The zero-order valence-corrected chi connectivity index (χ0v) is 12.7. The summed E-state index contributed by atoms with van der Waals surface area (Å²) in [5, 5.41) is 3.42. The van der Waals surface area contributed by atoms with E-state index in [1.807, 2.05) is 20.0 Å². The lowest BCUT2D eigenvalue weighted by Gasteiger charge is -2.18. The minimum Gasteiger partial charge on any atom is -0.494 e. The van der Waals surface area contributed by atoms with Gasteiger partial charge in [0.1, 0.15) is 5.75 Å². The van der Waals surface area contributed by atoms with E-state index in [-0.39, 0.29) is 0 Å². The van der Waals surface area contributed by atoms with Crippen molar-refractivity contribution >= 4 is 0 Å². The predicted molar refractivity (Wildman–Crippen MR) is 82.2 cm³/mol. The topological polar surface area (TPSA) is 30.5 Å². The molecule has 0 aromatic heterocycles. The Morgan fingerprint density at radius 3 is 3.05 bits per heavy atom. The van der Waals surface area contributed by atoms with Crippen molar-refractivity contribution in [3.05, 3.63) is 29.8 Å². The van der Waals surface area contributed by atoms with E-state index in [0.29, 0.717) is 18.8 Å². The SMILES string of the molecule is CCOc1cccc(C(CCCC2CCCO2)NC)c1. The summed E-state index contributed by atoms with van der Waals surface area (Å²) in [4.78, 5) is 0. The van der Waals surface area contributed by atoms with Gasteiger partial charge in [-0.05, 0) is 63.8 Å². The van der Waals surface area contributed by atoms with E-state index in [9.17, 15) is 0 Å². The number of benzene rings is 1. The number of hydrogen-bond acceptors (Lipinski definition) is 3. The zero-order chi connectivity index (χ0) is 14.2. The number of nitrogens with one attached hydrogen (secondary N) is 1. The van der Waals surface area contributed by atoms with E-state index in [0.717, 1.165) is 18.8 Å². The molecule has 0 aliphatic carbocycles. The third-order valence-electron chi connectivity index (χ3n) is 3.96. The Balaban J connectivity index is 1.84. The number of rotatable bonds is 8. The van der Waals surface area contributed by atoms with E-state index >= 15 is 0 Å². The van der Waals surface area contributed by atoms with Crippen LogP contribution >= 0.6 is 0 Å². The van der Waals surface area contributed by atoms with Gasteiger partial charge in [0, 0.05) is 12.6 Å². The highest BCUT2D eigenvalue weighted by molar-refractivity contribution is 5.30. The Morgan fingerprint density at radius 1 is 1.45 bits per heavy atom. The largest absolute Gasteiger partial charge is 0.494 e.